The minimum Gasteiger partial charge on any atom is -0.325 e. The zero-order valence-electron chi connectivity index (χ0n) is 10.3. The summed E-state index contributed by atoms with van der Waals surface area (Å²) in [6.45, 7) is 1.57. The van der Waals surface area contributed by atoms with Crippen LogP contribution in [0.2, 0.25) is 0 Å². The van der Waals surface area contributed by atoms with Crippen molar-refractivity contribution in [3.8, 4) is 5.69 Å². The molecule has 0 aliphatic carbocycles. The number of halogens is 3. The fraction of sp³-hybridized carbons (Fsp3) is 0.333. The molecule has 0 spiro atoms. The van der Waals surface area contributed by atoms with Crippen LogP contribution in [0.25, 0.3) is 5.69 Å². The van der Waals surface area contributed by atoms with Gasteiger partial charge in [0, 0.05) is 6.54 Å². The first-order chi connectivity index (χ1) is 8.99. The van der Waals surface area contributed by atoms with Crippen LogP contribution in [0.5, 0.6) is 0 Å². The molecule has 0 radical (unpaired) electrons. The van der Waals surface area contributed by atoms with E-state index in [4.69, 9.17) is 5.73 Å². The first-order valence-electron chi connectivity index (χ1n) is 5.79. The standard InChI is InChI=1S/C12H13F3N4/c1-2-8-5-3-4-6-10(8)19-11(12(13,14)15)9(7-16)17-18-19/h3-6H,2,7,16H2,1H3. The Kier molecular flexibility index (Phi) is 3.57. The van der Waals surface area contributed by atoms with E-state index in [9.17, 15) is 13.2 Å². The Morgan fingerprint density at radius 2 is 1.95 bits per heavy atom. The zero-order valence-corrected chi connectivity index (χ0v) is 10.3. The molecule has 4 nitrogen and oxygen atoms in total. The second-order valence-electron chi connectivity index (χ2n) is 3.98. The van der Waals surface area contributed by atoms with Crippen LogP contribution in [-0.4, -0.2) is 15.0 Å². The summed E-state index contributed by atoms with van der Waals surface area (Å²) >= 11 is 0. The molecule has 1 aromatic heterocycles. The molecule has 0 bridgehead atoms. The van der Waals surface area contributed by atoms with E-state index >= 15 is 0 Å². The molecule has 0 fully saturated rings. The SMILES string of the molecule is CCc1ccccc1-n1nnc(CN)c1C(F)(F)F. The molecule has 2 N–H and O–H groups in total. The van der Waals surface area contributed by atoms with Crippen LogP contribution in [-0.2, 0) is 19.1 Å². The van der Waals surface area contributed by atoms with Gasteiger partial charge in [0.2, 0.25) is 0 Å². The third-order valence-corrected chi connectivity index (χ3v) is 2.80. The van der Waals surface area contributed by atoms with Gasteiger partial charge in [-0.1, -0.05) is 30.3 Å². The normalized spacial score (nSPS) is 11.8. The lowest BCUT2D eigenvalue weighted by molar-refractivity contribution is -0.143. The highest BCUT2D eigenvalue weighted by Gasteiger charge is 2.39. The van der Waals surface area contributed by atoms with E-state index in [2.05, 4.69) is 10.3 Å². The third-order valence-electron chi connectivity index (χ3n) is 2.80. The Morgan fingerprint density at radius 1 is 1.26 bits per heavy atom. The maximum Gasteiger partial charge on any atom is 0.435 e. The third kappa shape index (κ3) is 2.46. The Labute approximate surface area is 108 Å². The molecule has 0 aliphatic rings. The van der Waals surface area contributed by atoms with Crippen LogP contribution in [0.1, 0.15) is 23.9 Å². The molecule has 2 rings (SSSR count). The predicted molar refractivity (Wildman–Crippen MR) is 63.6 cm³/mol. The Hall–Kier alpha value is -1.89. The summed E-state index contributed by atoms with van der Waals surface area (Å²) in [7, 11) is 0. The van der Waals surface area contributed by atoms with Gasteiger partial charge in [0.25, 0.3) is 0 Å². The van der Waals surface area contributed by atoms with Crippen molar-refractivity contribution in [3.05, 3.63) is 41.2 Å². The fourth-order valence-corrected chi connectivity index (χ4v) is 1.92. The molecule has 1 heterocycles. The van der Waals surface area contributed by atoms with Crippen molar-refractivity contribution in [3.63, 3.8) is 0 Å². The largest absolute Gasteiger partial charge is 0.435 e. The molecular formula is C12H13F3N4. The van der Waals surface area contributed by atoms with Crippen LogP contribution >= 0.6 is 0 Å². The number of aryl methyl sites for hydroxylation is 1. The number of hydrogen-bond donors (Lipinski definition) is 1. The van der Waals surface area contributed by atoms with E-state index in [1.807, 2.05) is 6.92 Å². The summed E-state index contributed by atoms with van der Waals surface area (Å²) in [4.78, 5) is 0. The number of nitrogens with zero attached hydrogens (tertiary/aromatic N) is 3. The Balaban J connectivity index is 2.66. The van der Waals surface area contributed by atoms with Crippen molar-refractivity contribution in [2.24, 2.45) is 5.73 Å². The Bertz CT molecular complexity index is 575. The maximum atomic E-state index is 13.1. The van der Waals surface area contributed by atoms with Crippen molar-refractivity contribution >= 4 is 0 Å². The smallest absolute Gasteiger partial charge is 0.325 e. The van der Waals surface area contributed by atoms with Crippen molar-refractivity contribution in [2.45, 2.75) is 26.1 Å². The van der Waals surface area contributed by atoms with Gasteiger partial charge in [-0.25, -0.2) is 4.68 Å². The second-order valence-corrected chi connectivity index (χ2v) is 3.98. The quantitative estimate of drug-likeness (QED) is 0.931. The highest BCUT2D eigenvalue weighted by Crippen LogP contribution is 2.33. The van der Waals surface area contributed by atoms with Gasteiger partial charge < -0.3 is 5.73 Å². The van der Waals surface area contributed by atoms with Crippen molar-refractivity contribution < 1.29 is 13.2 Å². The van der Waals surface area contributed by atoms with E-state index in [0.717, 1.165) is 10.2 Å². The minimum absolute atomic E-state index is 0.251. The number of rotatable bonds is 3. The summed E-state index contributed by atoms with van der Waals surface area (Å²) in [5, 5.41) is 7.12. The van der Waals surface area contributed by atoms with Crippen LogP contribution in [0.15, 0.2) is 24.3 Å². The molecule has 1 aromatic carbocycles. The molecule has 102 valence electrons. The van der Waals surface area contributed by atoms with Crippen molar-refractivity contribution in [1.29, 1.82) is 0 Å². The van der Waals surface area contributed by atoms with E-state index in [-0.39, 0.29) is 12.2 Å². The summed E-state index contributed by atoms with van der Waals surface area (Å²) in [5.41, 5.74) is 5.28. The van der Waals surface area contributed by atoms with Gasteiger partial charge in [0.05, 0.1) is 5.69 Å². The van der Waals surface area contributed by atoms with E-state index in [1.165, 1.54) is 0 Å². The van der Waals surface area contributed by atoms with E-state index in [0.29, 0.717) is 12.1 Å². The maximum absolute atomic E-state index is 13.1. The van der Waals surface area contributed by atoms with E-state index in [1.54, 1.807) is 24.3 Å². The number of para-hydroxylation sites is 1. The van der Waals surface area contributed by atoms with Gasteiger partial charge in [-0.05, 0) is 18.1 Å². The summed E-state index contributed by atoms with van der Waals surface area (Å²) < 4.78 is 40.1. The lowest BCUT2D eigenvalue weighted by atomic mass is 10.1. The molecule has 0 saturated carbocycles. The van der Waals surface area contributed by atoms with Gasteiger partial charge in [-0.15, -0.1) is 5.10 Å². The van der Waals surface area contributed by atoms with Gasteiger partial charge in [-0.2, -0.15) is 13.2 Å². The van der Waals surface area contributed by atoms with Crippen LogP contribution in [0.4, 0.5) is 13.2 Å². The monoisotopic (exact) mass is 270 g/mol. The number of nitrogens with two attached hydrogens (primary N) is 1. The van der Waals surface area contributed by atoms with Gasteiger partial charge >= 0.3 is 6.18 Å². The number of hydrogen-bond acceptors (Lipinski definition) is 3. The predicted octanol–water partition coefficient (Wildman–Crippen LogP) is 2.31. The van der Waals surface area contributed by atoms with Gasteiger partial charge in [-0.3, -0.25) is 0 Å². The molecular weight excluding hydrogens is 257 g/mol. The number of benzene rings is 1. The van der Waals surface area contributed by atoms with Crippen LogP contribution < -0.4 is 5.73 Å². The summed E-state index contributed by atoms with van der Waals surface area (Å²) in [6.07, 6.45) is -3.94. The first kappa shape index (κ1) is 13.5. The average Bonchev–Trinajstić information content (AvgIpc) is 2.82. The second kappa shape index (κ2) is 5.00. The highest BCUT2D eigenvalue weighted by molar-refractivity contribution is 5.42. The van der Waals surface area contributed by atoms with Crippen LogP contribution in [0, 0.1) is 0 Å². The van der Waals surface area contributed by atoms with Crippen LogP contribution in [0.3, 0.4) is 0 Å². The average molecular weight is 270 g/mol. The minimum atomic E-state index is -4.54. The molecule has 2 aromatic rings. The number of aromatic nitrogens is 3. The van der Waals surface area contributed by atoms with Gasteiger partial charge in [0.15, 0.2) is 5.69 Å². The molecule has 0 aliphatic heterocycles. The molecule has 19 heavy (non-hydrogen) atoms. The zero-order chi connectivity index (χ0) is 14.0. The molecule has 0 atom stereocenters. The molecule has 0 amide bonds. The van der Waals surface area contributed by atoms with E-state index < -0.39 is 11.9 Å². The topological polar surface area (TPSA) is 56.7 Å². The number of alkyl halides is 3. The lowest BCUT2D eigenvalue weighted by Gasteiger charge is -2.13. The summed E-state index contributed by atoms with van der Waals surface area (Å²) in [6, 6.07) is 6.79. The first-order valence-corrected chi connectivity index (χ1v) is 5.79. The molecule has 7 heteroatoms. The highest BCUT2D eigenvalue weighted by atomic mass is 19.4. The molecule has 0 unspecified atom stereocenters. The summed E-state index contributed by atoms with van der Waals surface area (Å²) in [5.74, 6) is 0. The lowest BCUT2D eigenvalue weighted by Crippen LogP contribution is -2.17. The van der Waals surface area contributed by atoms with Gasteiger partial charge in [0.1, 0.15) is 5.69 Å². The molecule has 0 saturated heterocycles. The van der Waals surface area contributed by atoms with Crippen molar-refractivity contribution in [2.75, 3.05) is 0 Å². The van der Waals surface area contributed by atoms with Crippen molar-refractivity contribution in [1.82, 2.24) is 15.0 Å². The Morgan fingerprint density at radius 3 is 2.53 bits per heavy atom. The fourth-order valence-electron chi connectivity index (χ4n) is 1.92.